The van der Waals surface area contributed by atoms with Gasteiger partial charge >= 0.3 is 12.1 Å². The fraction of sp³-hybridized carbons (Fsp3) is 0.318. The van der Waals surface area contributed by atoms with Crippen LogP contribution >= 0.6 is 22.6 Å². The smallest absolute Gasteiger partial charge is 0.410 e. The number of carboxylic acid groups (broad SMARTS) is 1. The van der Waals surface area contributed by atoms with Gasteiger partial charge in [-0.05, 0) is 58.7 Å². The second kappa shape index (κ2) is 10.4. The number of benzene rings is 2. The van der Waals surface area contributed by atoms with Crippen LogP contribution < -0.4 is 5.32 Å². The number of nitrogens with zero attached hydrogens (tertiary/aromatic N) is 1. The molecule has 0 aromatic heterocycles. The summed E-state index contributed by atoms with van der Waals surface area (Å²) in [5.74, 6) is -1.58. The topological polar surface area (TPSA) is 95.9 Å². The number of carbonyl (C=O) groups is 3. The van der Waals surface area contributed by atoms with E-state index in [1.54, 1.807) is 0 Å². The molecule has 8 heteroatoms. The Morgan fingerprint density at radius 2 is 1.80 bits per heavy atom. The zero-order chi connectivity index (χ0) is 21.5. The summed E-state index contributed by atoms with van der Waals surface area (Å²) < 4.78 is 6.39. The number of nitrogens with one attached hydrogen (secondary N) is 1. The molecule has 158 valence electrons. The van der Waals surface area contributed by atoms with Crippen molar-refractivity contribution < 1.29 is 24.2 Å². The molecule has 0 radical (unpaired) electrons. The third kappa shape index (κ3) is 5.94. The first kappa shape index (κ1) is 22.1. The molecule has 2 amide bonds. The molecule has 0 aliphatic carbocycles. The number of likely N-dealkylation sites (tertiary alicyclic amines) is 1. The van der Waals surface area contributed by atoms with Crippen LogP contribution in [0.15, 0.2) is 54.6 Å². The highest BCUT2D eigenvalue weighted by atomic mass is 127. The summed E-state index contributed by atoms with van der Waals surface area (Å²) in [6, 6.07) is 14.9. The molecule has 2 atom stereocenters. The highest BCUT2D eigenvalue weighted by molar-refractivity contribution is 14.1. The van der Waals surface area contributed by atoms with Crippen molar-refractivity contribution in [3.8, 4) is 0 Å². The van der Waals surface area contributed by atoms with Gasteiger partial charge in [0.2, 0.25) is 5.91 Å². The molecule has 7 nitrogen and oxygen atoms in total. The standard InChI is InChI=1S/C22H23IN2O5/c23-17-10-8-15(9-11-17)13-18(21(27)28)24-20(26)19-7-4-12-25(19)22(29)30-14-16-5-2-1-3-6-16/h1-3,5-6,8-11,18-19H,4,7,12-14H2,(H,24,26)(H,27,28)/t18-,19-/m1/s1. The van der Waals surface area contributed by atoms with Gasteiger partial charge in [0.15, 0.2) is 0 Å². The average Bonchev–Trinajstić information content (AvgIpc) is 3.24. The molecular formula is C22H23IN2O5. The van der Waals surface area contributed by atoms with Crippen molar-refractivity contribution >= 4 is 40.6 Å². The van der Waals surface area contributed by atoms with Gasteiger partial charge < -0.3 is 15.2 Å². The van der Waals surface area contributed by atoms with E-state index < -0.39 is 30.1 Å². The Balaban J connectivity index is 1.59. The van der Waals surface area contributed by atoms with Crippen molar-refractivity contribution in [2.75, 3.05) is 6.54 Å². The number of rotatable bonds is 7. The molecule has 1 saturated heterocycles. The van der Waals surface area contributed by atoms with Gasteiger partial charge in [-0.2, -0.15) is 0 Å². The summed E-state index contributed by atoms with van der Waals surface area (Å²) in [5, 5.41) is 12.1. The Morgan fingerprint density at radius 1 is 1.10 bits per heavy atom. The maximum Gasteiger partial charge on any atom is 0.410 e. The minimum absolute atomic E-state index is 0.120. The molecule has 3 rings (SSSR count). The Morgan fingerprint density at radius 3 is 2.47 bits per heavy atom. The average molecular weight is 522 g/mol. The molecule has 2 aromatic rings. The molecule has 1 aliphatic heterocycles. The highest BCUT2D eigenvalue weighted by Crippen LogP contribution is 2.20. The van der Waals surface area contributed by atoms with Crippen molar-refractivity contribution in [1.29, 1.82) is 0 Å². The molecule has 0 unspecified atom stereocenters. The summed E-state index contributed by atoms with van der Waals surface area (Å²) in [6.45, 7) is 0.523. The molecule has 1 aliphatic rings. The molecule has 0 bridgehead atoms. The van der Waals surface area contributed by atoms with Crippen LogP contribution in [0.25, 0.3) is 0 Å². The van der Waals surface area contributed by atoms with Crippen LogP contribution in [-0.2, 0) is 27.4 Å². The van der Waals surface area contributed by atoms with Crippen LogP contribution in [0.4, 0.5) is 4.79 Å². The van der Waals surface area contributed by atoms with Gasteiger partial charge in [0.25, 0.3) is 0 Å². The van der Waals surface area contributed by atoms with E-state index in [1.165, 1.54) is 4.90 Å². The maximum absolute atomic E-state index is 12.8. The fourth-order valence-electron chi connectivity index (χ4n) is 3.38. The third-order valence-electron chi connectivity index (χ3n) is 4.96. The van der Waals surface area contributed by atoms with Gasteiger partial charge in [0, 0.05) is 16.5 Å². The molecule has 0 saturated carbocycles. The largest absolute Gasteiger partial charge is 0.480 e. The van der Waals surface area contributed by atoms with E-state index >= 15 is 0 Å². The Bertz CT molecular complexity index is 888. The van der Waals surface area contributed by atoms with E-state index in [0.29, 0.717) is 19.4 Å². The van der Waals surface area contributed by atoms with E-state index in [0.717, 1.165) is 14.7 Å². The number of carbonyl (C=O) groups excluding carboxylic acids is 2. The minimum atomic E-state index is -1.11. The monoisotopic (exact) mass is 522 g/mol. The van der Waals surface area contributed by atoms with Gasteiger partial charge in [-0.25, -0.2) is 9.59 Å². The maximum atomic E-state index is 12.8. The molecular weight excluding hydrogens is 499 g/mol. The van der Waals surface area contributed by atoms with Crippen molar-refractivity contribution in [3.05, 3.63) is 69.3 Å². The van der Waals surface area contributed by atoms with E-state index in [1.807, 2.05) is 54.6 Å². The Labute approximate surface area is 188 Å². The Kier molecular flexibility index (Phi) is 7.67. The van der Waals surface area contributed by atoms with E-state index in [-0.39, 0.29) is 13.0 Å². The van der Waals surface area contributed by atoms with E-state index in [9.17, 15) is 19.5 Å². The number of amides is 2. The zero-order valence-electron chi connectivity index (χ0n) is 16.3. The zero-order valence-corrected chi connectivity index (χ0v) is 18.4. The van der Waals surface area contributed by atoms with Gasteiger partial charge in [0.1, 0.15) is 18.7 Å². The highest BCUT2D eigenvalue weighted by Gasteiger charge is 2.36. The second-order valence-corrected chi connectivity index (χ2v) is 8.37. The van der Waals surface area contributed by atoms with Crippen molar-refractivity contribution in [2.45, 2.75) is 38.0 Å². The van der Waals surface area contributed by atoms with Crippen molar-refractivity contribution in [1.82, 2.24) is 10.2 Å². The van der Waals surface area contributed by atoms with Crippen LogP contribution in [0.3, 0.4) is 0 Å². The Hall–Kier alpha value is -2.62. The number of hydrogen-bond acceptors (Lipinski definition) is 4. The first-order valence-corrected chi connectivity index (χ1v) is 10.8. The lowest BCUT2D eigenvalue weighted by atomic mass is 10.1. The number of ether oxygens (including phenoxy) is 1. The van der Waals surface area contributed by atoms with Gasteiger partial charge in [-0.1, -0.05) is 42.5 Å². The number of hydrogen-bond donors (Lipinski definition) is 2. The SMILES string of the molecule is O=C(N[C@H](Cc1ccc(I)cc1)C(=O)O)[C@H]1CCCN1C(=O)OCc1ccccc1. The lowest BCUT2D eigenvalue weighted by Gasteiger charge is -2.25. The van der Waals surface area contributed by atoms with Gasteiger partial charge in [0.05, 0.1) is 0 Å². The molecule has 2 aromatic carbocycles. The summed E-state index contributed by atoms with van der Waals surface area (Å²) >= 11 is 2.17. The van der Waals surface area contributed by atoms with Crippen molar-refractivity contribution in [3.63, 3.8) is 0 Å². The summed E-state index contributed by atoms with van der Waals surface area (Å²) in [7, 11) is 0. The molecule has 2 N–H and O–H groups in total. The molecule has 1 fully saturated rings. The lowest BCUT2D eigenvalue weighted by Crippen LogP contribution is -2.51. The third-order valence-corrected chi connectivity index (χ3v) is 5.68. The van der Waals surface area contributed by atoms with Gasteiger partial charge in [-0.3, -0.25) is 9.69 Å². The first-order chi connectivity index (χ1) is 14.4. The predicted molar refractivity (Wildman–Crippen MR) is 119 cm³/mol. The van der Waals surface area contributed by atoms with E-state index in [2.05, 4.69) is 27.9 Å². The lowest BCUT2D eigenvalue weighted by molar-refractivity contribution is -0.142. The molecule has 30 heavy (non-hydrogen) atoms. The van der Waals surface area contributed by atoms with Gasteiger partial charge in [-0.15, -0.1) is 0 Å². The normalized spacial score (nSPS) is 16.7. The number of halogens is 1. The van der Waals surface area contributed by atoms with Crippen LogP contribution in [-0.4, -0.2) is 46.6 Å². The van der Waals surface area contributed by atoms with Crippen LogP contribution in [0.2, 0.25) is 0 Å². The molecule has 1 heterocycles. The number of aliphatic carboxylic acids is 1. The summed E-state index contributed by atoms with van der Waals surface area (Å²) in [4.78, 5) is 38.3. The second-order valence-electron chi connectivity index (χ2n) is 7.12. The van der Waals surface area contributed by atoms with Crippen LogP contribution in [0, 0.1) is 3.57 Å². The quantitative estimate of drug-likeness (QED) is 0.545. The van der Waals surface area contributed by atoms with Crippen molar-refractivity contribution in [2.24, 2.45) is 0 Å². The summed E-state index contributed by atoms with van der Waals surface area (Å²) in [5.41, 5.74) is 1.67. The molecule has 0 spiro atoms. The fourth-order valence-corrected chi connectivity index (χ4v) is 3.74. The predicted octanol–water partition coefficient (Wildman–Crippen LogP) is 3.20. The summed E-state index contributed by atoms with van der Waals surface area (Å²) in [6.07, 6.45) is 0.736. The minimum Gasteiger partial charge on any atom is -0.480 e. The van der Waals surface area contributed by atoms with Crippen LogP contribution in [0.1, 0.15) is 24.0 Å². The number of carboxylic acids is 1. The van der Waals surface area contributed by atoms with E-state index in [4.69, 9.17) is 4.74 Å². The van der Waals surface area contributed by atoms with Crippen LogP contribution in [0.5, 0.6) is 0 Å². The first-order valence-electron chi connectivity index (χ1n) is 9.69.